The van der Waals surface area contributed by atoms with Crippen molar-refractivity contribution < 1.29 is 9.59 Å². The van der Waals surface area contributed by atoms with Crippen LogP contribution in [-0.4, -0.2) is 85.4 Å². The van der Waals surface area contributed by atoms with Crippen LogP contribution in [0, 0.1) is 11.8 Å². The number of likely N-dealkylation sites (N-methyl/N-ethyl adjacent to an activating group) is 1. The summed E-state index contributed by atoms with van der Waals surface area (Å²) in [6.07, 6.45) is 6.41. The van der Waals surface area contributed by atoms with Gasteiger partial charge in [-0.1, -0.05) is 19.1 Å². The minimum Gasteiger partial charge on any atom is -0.352 e. The highest BCUT2D eigenvalue weighted by Crippen LogP contribution is 2.32. The van der Waals surface area contributed by atoms with Gasteiger partial charge >= 0.3 is 0 Å². The number of hydrogen-bond acceptors (Lipinski definition) is 4. The van der Waals surface area contributed by atoms with Crippen molar-refractivity contribution in [3.05, 3.63) is 35.4 Å². The van der Waals surface area contributed by atoms with Gasteiger partial charge in [0.1, 0.15) is 0 Å². The van der Waals surface area contributed by atoms with Crippen LogP contribution >= 0.6 is 0 Å². The van der Waals surface area contributed by atoms with Crippen molar-refractivity contribution in [2.45, 2.75) is 45.4 Å². The molecule has 0 aromatic heterocycles. The van der Waals surface area contributed by atoms with Crippen LogP contribution in [0.1, 0.15) is 54.9 Å². The summed E-state index contributed by atoms with van der Waals surface area (Å²) in [5.41, 5.74) is 2.04. The van der Waals surface area contributed by atoms with E-state index in [0.29, 0.717) is 17.7 Å². The number of rotatable bonds is 9. The molecular formula is C26H40N4O2. The van der Waals surface area contributed by atoms with Gasteiger partial charge in [0, 0.05) is 57.3 Å². The standard InChI is InChI=1S/C26H40N4O2/c1-2-28-16-18-29(19-17-28)13-3-12-27-25(31)23-6-4-21(5-7-23)20-22-10-14-30(15-11-22)26(32)24-8-9-24/h4-7,22,24H,2-3,8-20H2,1H3,(H,27,31). The molecule has 3 fully saturated rings. The van der Waals surface area contributed by atoms with Gasteiger partial charge in [0.25, 0.3) is 5.91 Å². The zero-order chi connectivity index (χ0) is 22.3. The number of piperazine rings is 1. The van der Waals surface area contributed by atoms with Gasteiger partial charge in [0.05, 0.1) is 0 Å². The number of amides is 2. The third-order valence-corrected chi connectivity index (χ3v) is 7.44. The number of nitrogens with one attached hydrogen (secondary N) is 1. The molecule has 0 bridgehead atoms. The Morgan fingerprint density at radius 2 is 1.56 bits per heavy atom. The van der Waals surface area contributed by atoms with Crippen LogP contribution in [0.2, 0.25) is 0 Å². The predicted molar refractivity (Wildman–Crippen MR) is 128 cm³/mol. The van der Waals surface area contributed by atoms with Crippen LogP contribution in [-0.2, 0) is 11.2 Å². The van der Waals surface area contributed by atoms with E-state index in [2.05, 4.69) is 39.1 Å². The first-order valence-corrected chi connectivity index (χ1v) is 12.7. The fourth-order valence-corrected chi connectivity index (χ4v) is 5.01. The molecule has 1 saturated carbocycles. The smallest absolute Gasteiger partial charge is 0.251 e. The first-order valence-electron chi connectivity index (χ1n) is 12.7. The molecule has 2 heterocycles. The van der Waals surface area contributed by atoms with E-state index in [4.69, 9.17) is 0 Å². The zero-order valence-corrected chi connectivity index (χ0v) is 19.7. The normalized spacial score (nSPS) is 21.0. The Labute approximate surface area is 193 Å². The Balaban J connectivity index is 1.12. The minimum absolute atomic E-state index is 0.0271. The van der Waals surface area contributed by atoms with Crippen LogP contribution in [0.3, 0.4) is 0 Å². The number of carbonyl (C=O) groups is 2. The summed E-state index contributed by atoms with van der Waals surface area (Å²) >= 11 is 0. The number of piperidine rings is 1. The summed E-state index contributed by atoms with van der Waals surface area (Å²) in [5.74, 6) is 1.39. The van der Waals surface area contributed by atoms with E-state index in [-0.39, 0.29) is 5.91 Å². The van der Waals surface area contributed by atoms with Gasteiger partial charge in [-0.15, -0.1) is 0 Å². The Morgan fingerprint density at radius 1 is 0.906 bits per heavy atom. The molecule has 0 radical (unpaired) electrons. The molecule has 1 aromatic rings. The molecule has 2 saturated heterocycles. The van der Waals surface area contributed by atoms with Crippen LogP contribution in [0.4, 0.5) is 0 Å². The molecule has 3 aliphatic rings. The monoisotopic (exact) mass is 440 g/mol. The molecule has 1 N–H and O–H groups in total. The van der Waals surface area contributed by atoms with Crippen molar-refractivity contribution in [3.8, 4) is 0 Å². The molecule has 0 unspecified atom stereocenters. The Hall–Kier alpha value is -1.92. The van der Waals surface area contributed by atoms with Crippen molar-refractivity contribution in [2.24, 2.45) is 11.8 Å². The molecule has 6 heteroatoms. The highest BCUT2D eigenvalue weighted by atomic mass is 16.2. The fraction of sp³-hybridized carbons (Fsp3) is 0.692. The van der Waals surface area contributed by atoms with Gasteiger partial charge in [0.15, 0.2) is 0 Å². The largest absolute Gasteiger partial charge is 0.352 e. The Kier molecular flexibility index (Phi) is 8.20. The molecule has 2 aliphatic heterocycles. The highest BCUT2D eigenvalue weighted by Gasteiger charge is 2.34. The highest BCUT2D eigenvalue weighted by molar-refractivity contribution is 5.94. The quantitative estimate of drug-likeness (QED) is 0.600. The van der Waals surface area contributed by atoms with Gasteiger partial charge < -0.3 is 20.0 Å². The maximum atomic E-state index is 12.5. The molecular weight excluding hydrogens is 400 g/mol. The van der Waals surface area contributed by atoms with E-state index in [1.807, 2.05) is 12.1 Å². The molecule has 0 atom stereocenters. The van der Waals surface area contributed by atoms with Gasteiger partial charge in [-0.3, -0.25) is 9.59 Å². The van der Waals surface area contributed by atoms with Crippen LogP contribution in [0.15, 0.2) is 24.3 Å². The third-order valence-electron chi connectivity index (χ3n) is 7.44. The summed E-state index contributed by atoms with van der Waals surface area (Å²) in [5, 5.41) is 3.08. The second kappa shape index (κ2) is 11.3. The molecule has 32 heavy (non-hydrogen) atoms. The molecule has 6 nitrogen and oxygen atoms in total. The number of nitrogens with zero attached hydrogens (tertiary/aromatic N) is 3. The second-order valence-corrected chi connectivity index (χ2v) is 9.83. The summed E-state index contributed by atoms with van der Waals surface area (Å²) in [7, 11) is 0. The maximum Gasteiger partial charge on any atom is 0.251 e. The summed E-state index contributed by atoms with van der Waals surface area (Å²) in [6.45, 7) is 11.6. The van der Waals surface area contributed by atoms with Gasteiger partial charge in [-0.25, -0.2) is 0 Å². The predicted octanol–water partition coefficient (Wildman–Crippen LogP) is 2.64. The lowest BCUT2D eigenvalue weighted by atomic mass is 9.89. The SMILES string of the molecule is CCN1CCN(CCCNC(=O)c2ccc(CC3CCN(C(=O)C4CC4)CC3)cc2)CC1. The summed E-state index contributed by atoms with van der Waals surface area (Å²) in [6, 6.07) is 8.12. The van der Waals surface area contributed by atoms with Crippen molar-refractivity contribution in [1.82, 2.24) is 20.0 Å². The van der Waals surface area contributed by atoms with Crippen LogP contribution in [0.25, 0.3) is 0 Å². The van der Waals surface area contributed by atoms with E-state index in [0.717, 1.165) is 103 Å². The number of carbonyl (C=O) groups excluding carboxylic acids is 2. The van der Waals surface area contributed by atoms with Crippen molar-refractivity contribution >= 4 is 11.8 Å². The van der Waals surface area contributed by atoms with Gasteiger partial charge in [0.2, 0.25) is 5.91 Å². The third kappa shape index (κ3) is 6.55. The maximum absolute atomic E-state index is 12.5. The molecule has 176 valence electrons. The first kappa shape index (κ1) is 23.2. The lowest BCUT2D eigenvalue weighted by Crippen LogP contribution is -2.46. The van der Waals surface area contributed by atoms with Crippen LogP contribution < -0.4 is 5.32 Å². The van der Waals surface area contributed by atoms with Crippen LogP contribution in [0.5, 0.6) is 0 Å². The first-order chi connectivity index (χ1) is 15.6. The average molecular weight is 441 g/mol. The van der Waals surface area contributed by atoms with E-state index in [1.54, 1.807) is 0 Å². The molecule has 1 aliphatic carbocycles. The molecule has 0 spiro atoms. The van der Waals surface area contributed by atoms with E-state index in [9.17, 15) is 9.59 Å². The van der Waals surface area contributed by atoms with E-state index < -0.39 is 0 Å². The van der Waals surface area contributed by atoms with E-state index >= 15 is 0 Å². The molecule has 1 aromatic carbocycles. The Bertz CT molecular complexity index is 746. The number of benzene rings is 1. The zero-order valence-electron chi connectivity index (χ0n) is 19.7. The van der Waals surface area contributed by atoms with Crippen molar-refractivity contribution in [3.63, 3.8) is 0 Å². The lowest BCUT2D eigenvalue weighted by Gasteiger charge is -2.33. The van der Waals surface area contributed by atoms with E-state index in [1.165, 1.54) is 5.56 Å². The van der Waals surface area contributed by atoms with Crippen molar-refractivity contribution in [1.29, 1.82) is 0 Å². The number of likely N-dealkylation sites (tertiary alicyclic amines) is 1. The molecule has 2 amide bonds. The van der Waals surface area contributed by atoms with Gasteiger partial charge in [-0.05, 0) is 75.2 Å². The van der Waals surface area contributed by atoms with Crippen molar-refractivity contribution in [2.75, 3.05) is 58.9 Å². The summed E-state index contributed by atoms with van der Waals surface area (Å²) < 4.78 is 0. The topological polar surface area (TPSA) is 55.9 Å². The Morgan fingerprint density at radius 3 is 2.19 bits per heavy atom. The average Bonchev–Trinajstić information content (AvgIpc) is 3.68. The summed E-state index contributed by atoms with van der Waals surface area (Å²) in [4.78, 5) is 31.7. The van der Waals surface area contributed by atoms with Gasteiger partial charge in [-0.2, -0.15) is 0 Å². The minimum atomic E-state index is 0.0271. The second-order valence-electron chi connectivity index (χ2n) is 9.83. The fourth-order valence-electron chi connectivity index (χ4n) is 5.01. The number of hydrogen-bond donors (Lipinski definition) is 1. The molecule has 4 rings (SSSR count). The lowest BCUT2D eigenvalue weighted by molar-refractivity contribution is -0.133.